The van der Waals surface area contributed by atoms with Crippen LogP contribution in [-0.4, -0.2) is 29.1 Å². The highest BCUT2D eigenvalue weighted by molar-refractivity contribution is 6.07. The summed E-state index contributed by atoms with van der Waals surface area (Å²) < 4.78 is 38.3. The Balaban J connectivity index is 1.73. The number of methoxy groups -OCH3 is 1. The van der Waals surface area contributed by atoms with Crippen LogP contribution < -0.4 is 20.5 Å². The molecule has 1 aromatic heterocycles. The maximum atomic E-state index is 14.1. The summed E-state index contributed by atoms with van der Waals surface area (Å²) in [6.07, 6.45) is 1.99. The monoisotopic (exact) mass is 440 g/mol. The number of hydrogen-bond donors (Lipinski definition) is 2. The van der Waals surface area contributed by atoms with E-state index in [1.807, 2.05) is 0 Å². The maximum Gasteiger partial charge on any atom is 0.261 e. The number of hydrogen-bond acceptors (Lipinski definition) is 6. The van der Waals surface area contributed by atoms with Gasteiger partial charge in [0.05, 0.1) is 12.8 Å². The van der Waals surface area contributed by atoms with E-state index in [-0.39, 0.29) is 22.8 Å². The van der Waals surface area contributed by atoms with Crippen molar-refractivity contribution in [3.05, 3.63) is 70.4 Å². The number of nitrogens with two attached hydrogens (primary N) is 1. The lowest BCUT2D eigenvalue weighted by Gasteiger charge is -2.15. The molecule has 2 amide bonds. The van der Waals surface area contributed by atoms with Gasteiger partial charge in [-0.1, -0.05) is 6.07 Å². The highest BCUT2D eigenvalue weighted by Crippen LogP contribution is 2.37. The van der Waals surface area contributed by atoms with Crippen LogP contribution >= 0.6 is 0 Å². The molecular weight excluding hydrogens is 422 g/mol. The number of aromatic nitrogens is 2. The summed E-state index contributed by atoms with van der Waals surface area (Å²) in [7, 11) is 1.17. The van der Waals surface area contributed by atoms with Crippen LogP contribution in [-0.2, 0) is 12.8 Å². The number of primary amides is 1. The summed E-state index contributed by atoms with van der Waals surface area (Å²) in [6.45, 7) is 0. The third kappa shape index (κ3) is 3.94. The van der Waals surface area contributed by atoms with Gasteiger partial charge >= 0.3 is 0 Å². The van der Waals surface area contributed by atoms with Gasteiger partial charge in [0, 0.05) is 11.3 Å². The average molecular weight is 440 g/mol. The van der Waals surface area contributed by atoms with Gasteiger partial charge in [-0.05, 0) is 55.2 Å². The molecule has 8 nitrogen and oxygen atoms in total. The Kier molecular flexibility index (Phi) is 5.67. The normalized spacial score (nSPS) is 12.2. The lowest BCUT2D eigenvalue weighted by Crippen LogP contribution is -2.18. The van der Waals surface area contributed by atoms with E-state index >= 15 is 0 Å². The summed E-state index contributed by atoms with van der Waals surface area (Å²) in [5, 5.41) is 10.8. The van der Waals surface area contributed by atoms with E-state index in [9.17, 15) is 18.4 Å². The molecule has 10 heteroatoms. The highest BCUT2D eigenvalue weighted by Gasteiger charge is 2.28. The first-order valence-electron chi connectivity index (χ1n) is 9.68. The van der Waals surface area contributed by atoms with Crippen molar-refractivity contribution in [2.24, 2.45) is 5.73 Å². The summed E-state index contributed by atoms with van der Waals surface area (Å²) in [4.78, 5) is 24.6. The Morgan fingerprint density at radius 1 is 1.12 bits per heavy atom. The number of fused-ring (bicyclic) bond motifs is 1. The fraction of sp³-hybridized carbons (Fsp3) is 0.182. The molecule has 4 rings (SSSR count). The summed E-state index contributed by atoms with van der Waals surface area (Å²) in [6, 6.07) is 8.18. The second-order valence-corrected chi connectivity index (χ2v) is 7.05. The Hall–Kier alpha value is -4.08. The van der Waals surface area contributed by atoms with E-state index in [0.29, 0.717) is 29.8 Å². The van der Waals surface area contributed by atoms with Gasteiger partial charge in [-0.2, -0.15) is 9.49 Å². The second kappa shape index (κ2) is 8.58. The zero-order valence-corrected chi connectivity index (χ0v) is 16.9. The highest BCUT2D eigenvalue weighted by atomic mass is 19.2. The van der Waals surface area contributed by atoms with E-state index in [4.69, 9.17) is 15.2 Å². The Bertz CT molecular complexity index is 1230. The standard InChI is InChI=1S/C22H18F2N4O4/c1-31-19-16(9-8-14(23)18(19)24)32-22-17(13-6-3-7-15(13)27-28-22)21(30)26-12-5-2-4-11(10-12)20(25)29/h2,4-5,8-10H,3,6-7H2,1H3,(H2,25,29)(H,26,30). The first-order chi connectivity index (χ1) is 15.4. The smallest absolute Gasteiger partial charge is 0.261 e. The van der Waals surface area contributed by atoms with Crippen LogP contribution in [0.3, 0.4) is 0 Å². The molecule has 0 aliphatic heterocycles. The molecule has 0 radical (unpaired) electrons. The molecule has 0 atom stereocenters. The fourth-order valence-electron chi connectivity index (χ4n) is 3.53. The lowest BCUT2D eigenvalue weighted by atomic mass is 10.1. The summed E-state index contributed by atoms with van der Waals surface area (Å²) in [5.74, 6) is -4.34. The predicted molar refractivity (Wildman–Crippen MR) is 110 cm³/mol. The van der Waals surface area contributed by atoms with Gasteiger partial charge in [0.2, 0.25) is 17.5 Å². The largest absolute Gasteiger partial charge is 0.490 e. The number of aryl methyl sites for hydroxylation is 1. The van der Waals surface area contributed by atoms with Crippen LogP contribution in [0.15, 0.2) is 36.4 Å². The van der Waals surface area contributed by atoms with Crippen molar-refractivity contribution in [1.82, 2.24) is 10.2 Å². The molecule has 0 fully saturated rings. The number of benzene rings is 2. The van der Waals surface area contributed by atoms with Gasteiger partial charge in [0.1, 0.15) is 5.56 Å². The Labute approximate surface area is 181 Å². The van der Waals surface area contributed by atoms with E-state index in [1.165, 1.54) is 25.3 Å². The number of rotatable bonds is 6. The van der Waals surface area contributed by atoms with Gasteiger partial charge in [-0.15, -0.1) is 5.10 Å². The van der Waals surface area contributed by atoms with Crippen molar-refractivity contribution in [1.29, 1.82) is 0 Å². The zero-order chi connectivity index (χ0) is 22.8. The fourth-order valence-corrected chi connectivity index (χ4v) is 3.53. The molecule has 3 N–H and O–H groups in total. The predicted octanol–water partition coefficient (Wildman–Crippen LogP) is 3.40. The van der Waals surface area contributed by atoms with Gasteiger partial charge in [0.15, 0.2) is 11.6 Å². The topological polar surface area (TPSA) is 116 Å². The average Bonchev–Trinajstić information content (AvgIpc) is 3.25. The van der Waals surface area contributed by atoms with Crippen molar-refractivity contribution >= 4 is 17.5 Å². The van der Waals surface area contributed by atoms with E-state index in [0.717, 1.165) is 12.5 Å². The third-order valence-corrected chi connectivity index (χ3v) is 5.02. The molecule has 1 aliphatic carbocycles. The molecule has 32 heavy (non-hydrogen) atoms. The number of amides is 2. The minimum atomic E-state index is -1.23. The van der Waals surface area contributed by atoms with Crippen molar-refractivity contribution in [3.63, 3.8) is 0 Å². The molecule has 0 saturated heterocycles. The van der Waals surface area contributed by atoms with Gasteiger partial charge in [0.25, 0.3) is 11.8 Å². The molecule has 0 bridgehead atoms. The molecular formula is C22H18F2N4O4. The molecule has 1 aliphatic rings. The molecule has 0 saturated carbocycles. The summed E-state index contributed by atoms with van der Waals surface area (Å²) >= 11 is 0. The van der Waals surface area contributed by atoms with Gasteiger partial charge in [-0.3, -0.25) is 9.59 Å². The van der Waals surface area contributed by atoms with Crippen LogP contribution in [0.4, 0.5) is 14.5 Å². The van der Waals surface area contributed by atoms with Crippen molar-refractivity contribution in [2.75, 3.05) is 12.4 Å². The Morgan fingerprint density at radius 3 is 2.69 bits per heavy atom. The van der Waals surface area contributed by atoms with Crippen LogP contribution in [0.1, 0.15) is 38.4 Å². The SMILES string of the molecule is COc1c(Oc2nnc3c(c2C(=O)Nc2cccc(C(N)=O)c2)CCC3)ccc(F)c1F. The number of ether oxygens (including phenoxy) is 2. The zero-order valence-electron chi connectivity index (χ0n) is 16.9. The number of nitrogens with zero attached hydrogens (tertiary/aromatic N) is 2. The van der Waals surface area contributed by atoms with E-state index < -0.39 is 29.2 Å². The number of anilines is 1. The molecule has 1 heterocycles. The lowest BCUT2D eigenvalue weighted by molar-refractivity contribution is 0.0995. The van der Waals surface area contributed by atoms with Crippen molar-refractivity contribution in [2.45, 2.75) is 19.3 Å². The summed E-state index contributed by atoms with van der Waals surface area (Å²) in [5.41, 5.74) is 7.29. The first kappa shape index (κ1) is 21.2. The van der Waals surface area contributed by atoms with Crippen LogP contribution in [0.5, 0.6) is 17.4 Å². The number of carbonyl (C=O) groups excluding carboxylic acids is 2. The van der Waals surface area contributed by atoms with Crippen LogP contribution in [0.2, 0.25) is 0 Å². The molecule has 0 unspecified atom stereocenters. The number of carbonyl (C=O) groups is 2. The van der Waals surface area contributed by atoms with Crippen LogP contribution in [0.25, 0.3) is 0 Å². The second-order valence-electron chi connectivity index (χ2n) is 7.05. The number of nitrogens with one attached hydrogen (secondary N) is 1. The van der Waals surface area contributed by atoms with E-state index in [2.05, 4.69) is 15.5 Å². The molecule has 0 spiro atoms. The molecule has 3 aromatic rings. The van der Waals surface area contributed by atoms with E-state index in [1.54, 1.807) is 12.1 Å². The van der Waals surface area contributed by atoms with Crippen molar-refractivity contribution < 1.29 is 27.8 Å². The molecule has 2 aromatic carbocycles. The van der Waals surface area contributed by atoms with Gasteiger partial charge < -0.3 is 20.5 Å². The number of halogens is 2. The molecule has 164 valence electrons. The van der Waals surface area contributed by atoms with Crippen molar-refractivity contribution in [3.8, 4) is 17.4 Å². The minimum absolute atomic E-state index is 0.115. The maximum absolute atomic E-state index is 14.1. The Morgan fingerprint density at radius 2 is 1.94 bits per heavy atom. The van der Waals surface area contributed by atoms with Crippen LogP contribution in [0, 0.1) is 11.6 Å². The van der Waals surface area contributed by atoms with Gasteiger partial charge in [-0.25, -0.2) is 4.39 Å². The first-order valence-corrected chi connectivity index (χ1v) is 9.68. The minimum Gasteiger partial charge on any atom is -0.490 e. The quantitative estimate of drug-likeness (QED) is 0.607. The third-order valence-electron chi connectivity index (χ3n) is 5.02.